The second kappa shape index (κ2) is 7.84. The predicted molar refractivity (Wildman–Crippen MR) is 86.5 cm³/mol. The second-order valence-electron chi connectivity index (χ2n) is 4.96. The van der Waals surface area contributed by atoms with Crippen LogP contribution in [0.15, 0.2) is 48.5 Å². The van der Waals surface area contributed by atoms with E-state index >= 15 is 0 Å². The van der Waals surface area contributed by atoms with Gasteiger partial charge in [-0.1, -0.05) is 18.2 Å². The van der Waals surface area contributed by atoms with Gasteiger partial charge < -0.3 is 20.8 Å². The highest BCUT2D eigenvalue weighted by Gasteiger charge is 2.06. The van der Waals surface area contributed by atoms with Crippen LogP contribution in [0.25, 0.3) is 0 Å². The summed E-state index contributed by atoms with van der Waals surface area (Å²) in [5.41, 5.74) is 2.06. The molecular weight excluding hydrogens is 296 g/mol. The number of anilines is 1. The molecular formula is C17H18N2O4. The van der Waals surface area contributed by atoms with Gasteiger partial charge in [0.05, 0.1) is 6.42 Å². The molecule has 0 saturated heterocycles. The summed E-state index contributed by atoms with van der Waals surface area (Å²) in [6.07, 6.45) is -0.105. The first-order valence-electron chi connectivity index (χ1n) is 7.17. The molecule has 0 heterocycles. The summed E-state index contributed by atoms with van der Waals surface area (Å²) in [6.45, 7) is 0.568. The fourth-order valence-corrected chi connectivity index (χ4v) is 1.98. The number of rotatable bonds is 7. The molecule has 2 rings (SSSR count). The topological polar surface area (TPSA) is 98.7 Å². The second-order valence-corrected chi connectivity index (χ2v) is 4.96. The number of carboxylic acids is 1. The molecule has 0 spiro atoms. The van der Waals surface area contributed by atoms with Gasteiger partial charge in [-0.15, -0.1) is 0 Å². The maximum atomic E-state index is 11.8. The van der Waals surface area contributed by atoms with Crippen LogP contribution >= 0.6 is 0 Å². The van der Waals surface area contributed by atoms with Gasteiger partial charge in [0, 0.05) is 29.9 Å². The molecule has 1 amide bonds. The van der Waals surface area contributed by atoms with E-state index in [2.05, 4.69) is 10.6 Å². The molecule has 0 radical (unpaired) electrons. The van der Waals surface area contributed by atoms with Crippen LogP contribution in [0.4, 0.5) is 5.69 Å². The van der Waals surface area contributed by atoms with Crippen molar-refractivity contribution in [1.82, 2.24) is 5.32 Å². The Morgan fingerprint density at radius 3 is 2.35 bits per heavy atom. The van der Waals surface area contributed by atoms with Crippen LogP contribution in [-0.4, -0.2) is 28.6 Å². The van der Waals surface area contributed by atoms with Crippen molar-refractivity contribution in [3.05, 3.63) is 59.7 Å². The van der Waals surface area contributed by atoms with Crippen LogP contribution < -0.4 is 10.6 Å². The van der Waals surface area contributed by atoms with E-state index in [-0.39, 0.29) is 24.6 Å². The minimum Gasteiger partial charge on any atom is -0.508 e. The molecule has 0 fully saturated rings. The molecule has 0 aliphatic heterocycles. The van der Waals surface area contributed by atoms with Crippen LogP contribution in [0.5, 0.6) is 5.75 Å². The third-order valence-corrected chi connectivity index (χ3v) is 3.25. The van der Waals surface area contributed by atoms with Crippen LogP contribution in [0.1, 0.15) is 22.3 Å². The van der Waals surface area contributed by atoms with E-state index in [4.69, 9.17) is 5.11 Å². The summed E-state index contributed by atoms with van der Waals surface area (Å²) in [6, 6.07) is 13.9. The smallest absolute Gasteiger partial charge is 0.305 e. The summed E-state index contributed by atoms with van der Waals surface area (Å²) in [4.78, 5) is 22.2. The van der Waals surface area contributed by atoms with Gasteiger partial charge in [0.2, 0.25) is 0 Å². The maximum Gasteiger partial charge on any atom is 0.305 e. The van der Waals surface area contributed by atoms with Crippen LogP contribution in [-0.2, 0) is 11.3 Å². The standard InChI is InChI=1S/C17H18N2O4/c20-15-4-2-1-3-13(15)11-19-14-7-5-12(6-8-14)17(23)18-10-9-16(21)22/h1-8,19-20H,9-11H2,(H,18,23)(H,21,22). The lowest BCUT2D eigenvalue weighted by molar-refractivity contribution is -0.136. The molecule has 120 valence electrons. The van der Waals surface area contributed by atoms with Crippen LogP contribution in [0.3, 0.4) is 0 Å². The number of nitrogens with one attached hydrogen (secondary N) is 2. The minimum atomic E-state index is -0.950. The Labute approximate surface area is 133 Å². The largest absolute Gasteiger partial charge is 0.508 e. The Balaban J connectivity index is 1.88. The molecule has 0 saturated carbocycles. The Bertz CT molecular complexity index is 683. The van der Waals surface area contributed by atoms with Gasteiger partial charge in [0.25, 0.3) is 5.91 Å². The molecule has 23 heavy (non-hydrogen) atoms. The number of aromatic hydroxyl groups is 1. The van der Waals surface area contributed by atoms with Crippen molar-refractivity contribution in [3.63, 3.8) is 0 Å². The number of phenols is 1. The number of aliphatic carboxylic acids is 1. The molecule has 0 aliphatic rings. The van der Waals surface area contributed by atoms with E-state index in [9.17, 15) is 14.7 Å². The van der Waals surface area contributed by atoms with Crippen molar-refractivity contribution in [2.24, 2.45) is 0 Å². The highest BCUT2D eigenvalue weighted by Crippen LogP contribution is 2.18. The summed E-state index contributed by atoms with van der Waals surface area (Å²) in [5.74, 6) is -1.03. The number of hydrogen-bond donors (Lipinski definition) is 4. The van der Waals surface area contributed by atoms with E-state index in [0.717, 1.165) is 11.3 Å². The molecule has 0 unspecified atom stereocenters. The number of carbonyl (C=O) groups is 2. The van der Waals surface area contributed by atoms with E-state index < -0.39 is 5.97 Å². The molecule has 0 aliphatic carbocycles. The fourth-order valence-electron chi connectivity index (χ4n) is 1.98. The van der Waals surface area contributed by atoms with Crippen molar-refractivity contribution in [2.45, 2.75) is 13.0 Å². The van der Waals surface area contributed by atoms with Crippen molar-refractivity contribution in [3.8, 4) is 5.75 Å². The number of phenolic OH excluding ortho intramolecular Hbond substituents is 1. The van der Waals surface area contributed by atoms with E-state index in [1.54, 1.807) is 36.4 Å². The molecule has 0 aromatic heterocycles. The number of carbonyl (C=O) groups excluding carboxylic acids is 1. The van der Waals surface area contributed by atoms with Gasteiger partial charge in [-0.2, -0.15) is 0 Å². The summed E-state index contributed by atoms with van der Waals surface area (Å²) >= 11 is 0. The highest BCUT2D eigenvalue weighted by atomic mass is 16.4. The number of amides is 1. The Morgan fingerprint density at radius 2 is 1.70 bits per heavy atom. The SMILES string of the molecule is O=C(O)CCNC(=O)c1ccc(NCc2ccccc2O)cc1. The molecule has 6 nitrogen and oxygen atoms in total. The average Bonchev–Trinajstić information content (AvgIpc) is 2.54. The Kier molecular flexibility index (Phi) is 5.57. The minimum absolute atomic E-state index is 0.0987. The zero-order chi connectivity index (χ0) is 16.7. The molecule has 2 aromatic rings. The van der Waals surface area contributed by atoms with Crippen molar-refractivity contribution in [2.75, 3.05) is 11.9 Å². The normalized spacial score (nSPS) is 10.1. The Hall–Kier alpha value is -3.02. The first-order chi connectivity index (χ1) is 11.1. The van der Waals surface area contributed by atoms with Gasteiger partial charge >= 0.3 is 5.97 Å². The lowest BCUT2D eigenvalue weighted by Gasteiger charge is -2.09. The van der Waals surface area contributed by atoms with Crippen molar-refractivity contribution >= 4 is 17.6 Å². The molecule has 4 N–H and O–H groups in total. The van der Waals surface area contributed by atoms with Gasteiger partial charge in [-0.05, 0) is 30.3 Å². The van der Waals surface area contributed by atoms with Crippen molar-refractivity contribution < 1.29 is 19.8 Å². The van der Waals surface area contributed by atoms with Crippen LogP contribution in [0.2, 0.25) is 0 Å². The van der Waals surface area contributed by atoms with Crippen molar-refractivity contribution in [1.29, 1.82) is 0 Å². The summed E-state index contributed by atoms with van der Waals surface area (Å²) in [7, 11) is 0. The van der Waals surface area contributed by atoms with E-state index in [1.165, 1.54) is 0 Å². The summed E-state index contributed by atoms with van der Waals surface area (Å²) < 4.78 is 0. The number of para-hydroxylation sites is 1. The zero-order valence-electron chi connectivity index (χ0n) is 12.5. The number of hydrogen-bond acceptors (Lipinski definition) is 4. The zero-order valence-corrected chi connectivity index (χ0v) is 12.5. The van der Waals surface area contributed by atoms with E-state index in [1.807, 2.05) is 12.1 Å². The number of benzene rings is 2. The number of carboxylic acid groups (broad SMARTS) is 1. The highest BCUT2D eigenvalue weighted by molar-refractivity contribution is 5.94. The predicted octanol–water partition coefficient (Wildman–Crippen LogP) is 2.21. The lowest BCUT2D eigenvalue weighted by atomic mass is 10.1. The van der Waals surface area contributed by atoms with Gasteiger partial charge in [0.1, 0.15) is 5.75 Å². The van der Waals surface area contributed by atoms with Gasteiger partial charge in [-0.3, -0.25) is 9.59 Å². The fraction of sp³-hybridized carbons (Fsp3) is 0.176. The first kappa shape index (κ1) is 16.4. The van der Waals surface area contributed by atoms with Crippen LogP contribution in [0, 0.1) is 0 Å². The lowest BCUT2D eigenvalue weighted by Crippen LogP contribution is -2.25. The third kappa shape index (κ3) is 5.03. The molecule has 0 atom stereocenters. The maximum absolute atomic E-state index is 11.8. The average molecular weight is 314 g/mol. The monoisotopic (exact) mass is 314 g/mol. The molecule has 0 bridgehead atoms. The van der Waals surface area contributed by atoms with E-state index in [0.29, 0.717) is 12.1 Å². The quantitative estimate of drug-likeness (QED) is 0.628. The van der Waals surface area contributed by atoms with Gasteiger partial charge in [-0.25, -0.2) is 0 Å². The first-order valence-corrected chi connectivity index (χ1v) is 7.17. The third-order valence-electron chi connectivity index (χ3n) is 3.25. The molecule has 6 heteroatoms. The summed E-state index contributed by atoms with van der Waals surface area (Å²) in [5, 5.41) is 23.9. The Morgan fingerprint density at radius 1 is 1.00 bits per heavy atom. The van der Waals surface area contributed by atoms with Gasteiger partial charge in [0.15, 0.2) is 0 Å². The molecule has 2 aromatic carbocycles.